The number of aliphatic imine (C=N–C) groups is 1. The Bertz CT molecular complexity index is 646. The van der Waals surface area contributed by atoms with Gasteiger partial charge in [-0.2, -0.15) is 0 Å². The van der Waals surface area contributed by atoms with Crippen LogP contribution in [0, 0.1) is 6.92 Å². The molecule has 2 aromatic heterocycles. The quantitative estimate of drug-likeness (QED) is 0.621. The van der Waals surface area contributed by atoms with E-state index in [4.69, 9.17) is 4.42 Å². The molecular formula is C17H25N5OS. The van der Waals surface area contributed by atoms with Crippen molar-refractivity contribution in [3.8, 4) is 0 Å². The topological polar surface area (TPSA) is 65.7 Å². The molecule has 6 nitrogen and oxygen atoms in total. The maximum Gasteiger partial charge on any atom is 0.191 e. The first-order chi connectivity index (χ1) is 11.8. The Morgan fingerprint density at radius 2 is 2.25 bits per heavy atom. The number of nitrogens with zero attached hydrogens (tertiary/aromatic N) is 3. The van der Waals surface area contributed by atoms with Crippen molar-refractivity contribution in [2.24, 2.45) is 4.99 Å². The van der Waals surface area contributed by atoms with Gasteiger partial charge in [-0.25, -0.2) is 4.98 Å². The lowest BCUT2D eigenvalue weighted by Gasteiger charge is -2.26. The van der Waals surface area contributed by atoms with Gasteiger partial charge in [0.25, 0.3) is 0 Å². The van der Waals surface area contributed by atoms with Gasteiger partial charge in [-0.05, 0) is 45.0 Å². The number of thiazole rings is 1. The van der Waals surface area contributed by atoms with E-state index in [0.717, 1.165) is 42.9 Å². The van der Waals surface area contributed by atoms with Gasteiger partial charge in [0, 0.05) is 24.7 Å². The van der Waals surface area contributed by atoms with E-state index in [1.165, 1.54) is 17.7 Å². The van der Waals surface area contributed by atoms with Crippen LogP contribution in [-0.2, 0) is 6.54 Å². The van der Waals surface area contributed by atoms with Crippen molar-refractivity contribution in [1.82, 2.24) is 20.5 Å². The molecular weight excluding hydrogens is 322 g/mol. The van der Waals surface area contributed by atoms with E-state index in [9.17, 15) is 0 Å². The summed E-state index contributed by atoms with van der Waals surface area (Å²) in [5, 5.41) is 7.87. The van der Waals surface area contributed by atoms with Crippen LogP contribution in [0.4, 0.5) is 0 Å². The molecule has 0 amide bonds. The van der Waals surface area contributed by atoms with E-state index in [1.807, 2.05) is 19.2 Å². The highest BCUT2D eigenvalue weighted by Crippen LogP contribution is 2.24. The average molecular weight is 347 g/mol. The summed E-state index contributed by atoms with van der Waals surface area (Å²) in [6, 6.07) is 4.25. The molecule has 1 aliphatic rings. The van der Waals surface area contributed by atoms with Crippen molar-refractivity contribution < 1.29 is 4.42 Å². The average Bonchev–Trinajstić information content (AvgIpc) is 3.33. The molecule has 24 heavy (non-hydrogen) atoms. The molecule has 0 saturated carbocycles. The summed E-state index contributed by atoms with van der Waals surface area (Å²) < 4.78 is 5.66. The van der Waals surface area contributed by atoms with Crippen LogP contribution in [-0.4, -0.2) is 42.5 Å². The van der Waals surface area contributed by atoms with Crippen LogP contribution in [0.3, 0.4) is 0 Å². The van der Waals surface area contributed by atoms with Gasteiger partial charge in [0.2, 0.25) is 0 Å². The zero-order valence-electron chi connectivity index (χ0n) is 14.3. The Morgan fingerprint density at radius 3 is 2.88 bits per heavy atom. The maximum absolute atomic E-state index is 5.66. The molecule has 3 heterocycles. The number of furan rings is 1. The lowest BCUT2D eigenvalue weighted by atomic mass is 10.2. The Hall–Kier alpha value is -1.86. The van der Waals surface area contributed by atoms with Crippen LogP contribution in [0.1, 0.15) is 34.5 Å². The summed E-state index contributed by atoms with van der Waals surface area (Å²) in [5.74, 6) is 1.81. The van der Waals surface area contributed by atoms with E-state index in [2.05, 4.69) is 31.6 Å². The Labute approximate surface area is 147 Å². The zero-order valence-corrected chi connectivity index (χ0v) is 15.1. The van der Waals surface area contributed by atoms with Gasteiger partial charge >= 0.3 is 0 Å². The molecule has 1 atom stereocenters. The van der Waals surface area contributed by atoms with Crippen LogP contribution < -0.4 is 10.6 Å². The molecule has 0 aromatic carbocycles. The van der Waals surface area contributed by atoms with Crippen LogP contribution in [0.25, 0.3) is 0 Å². The monoisotopic (exact) mass is 347 g/mol. The minimum Gasteiger partial charge on any atom is -0.468 e. The second-order valence-electron chi connectivity index (χ2n) is 5.93. The number of likely N-dealkylation sites (tertiary alicyclic amines) is 1. The molecule has 130 valence electrons. The fourth-order valence-electron chi connectivity index (χ4n) is 3.02. The third-order valence-corrected chi connectivity index (χ3v) is 5.15. The predicted octanol–water partition coefficient (Wildman–Crippen LogP) is 2.55. The molecule has 0 radical (unpaired) electrons. The minimum atomic E-state index is 0.242. The smallest absolute Gasteiger partial charge is 0.191 e. The van der Waals surface area contributed by atoms with Crippen molar-refractivity contribution in [2.75, 3.05) is 26.7 Å². The third kappa shape index (κ3) is 4.36. The number of hydrogen-bond donors (Lipinski definition) is 2. The number of aromatic nitrogens is 1. The molecule has 7 heteroatoms. The largest absolute Gasteiger partial charge is 0.468 e. The summed E-state index contributed by atoms with van der Waals surface area (Å²) in [6.07, 6.45) is 6.18. The first-order valence-electron chi connectivity index (χ1n) is 8.39. The lowest BCUT2D eigenvalue weighted by Crippen LogP contribution is -2.42. The van der Waals surface area contributed by atoms with Crippen LogP contribution in [0.2, 0.25) is 0 Å². The second kappa shape index (κ2) is 8.30. The number of rotatable bonds is 6. The van der Waals surface area contributed by atoms with E-state index in [1.54, 1.807) is 24.6 Å². The normalized spacial score (nSPS) is 17.2. The molecule has 0 aliphatic carbocycles. The third-order valence-electron chi connectivity index (χ3n) is 4.24. The van der Waals surface area contributed by atoms with Gasteiger partial charge in [0.1, 0.15) is 5.76 Å². The lowest BCUT2D eigenvalue weighted by molar-refractivity contribution is 0.215. The predicted molar refractivity (Wildman–Crippen MR) is 97.3 cm³/mol. The van der Waals surface area contributed by atoms with E-state index < -0.39 is 0 Å². The van der Waals surface area contributed by atoms with Gasteiger partial charge in [-0.15, -0.1) is 11.3 Å². The SMILES string of the molecule is CN=C(NCc1cnc(C)s1)NCC(c1ccco1)N1CCCC1. The molecule has 2 aromatic rings. The molecule has 1 fully saturated rings. The fourth-order valence-corrected chi connectivity index (χ4v) is 3.75. The second-order valence-corrected chi connectivity index (χ2v) is 7.25. The van der Waals surface area contributed by atoms with Crippen LogP contribution in [0.5, 0.6) is 0 Å². The molecule has 0 spiro atoms. The minimum absolute atomic E-state index is 0.242. The van der Waals surface area contributed by atoms with Gasteiger partial charge < -0.3 is 15.1 Å². The highest BCUT2D eigenvalue weighted by molar-refractivity contribution is 7.11. The van der Waals surface area contributed by atoms with Gasteiger partial charge in [0.05, 0.1) is 23.9 Å². The molecule has 1 unspecified atom stereocenters. The van der Waals surface area contributed by atoms with Gasteiger partial charge in [-0.1, -0.05) is 0 Å². The Morgan fingerprint density at radius 1 is 1.42 bits per heavy atom. The van der Waals surface area contributed by atoms with E-state index in [-0.39, 0.29) is 6.04 Å². The number of aryl methyl sites for hydroxylation is 1. The van der Waals surface area contributed by atoms with E-state index >= 15 is 0 Å². The number of nitrogens with one attached hydrogen (secondary N) is 2. The molecule has 0 bridgehead atoms. The number of hydrogen-bond acceptors (Lipinski definition) is 5. The molecule has 1 aliphatic heterocycles. The summed E-state index contributed by atoms with van der Waals surface area (Å²) in [5.41, 5.74) is 0. The Balaban J connectivity index is 1.56. The zero-order chi connectivity index (χ0) is 16.8. The van der Waals surface area contributed by atoms with Crippen LogP contribution in [0.15, 0.2) is 34.0 Å². The molecule has 1 saturated heterocycles. The van der Waals surface area contributed by atoms with Crippen molar-refractivity contribution in [1.29, 1.82) is 0 Å². The Kier molecular flexibility index (Phi) is 5.87. The van der Waals surface area contributed by atoms with Crippen molar-refractivity contribution >= 4 is 17.3 Å². The standard InChI is InChI=1S/C17H25N5OS/c1-13-19-10-14(24-13)11-20-17(18-2)21-12-15(16-6-5-9-23-16)22-7-3-4-8-22/h5-6,9-10,15H,3-4,7-8,11-12H2,1-2H3,(H2,18,20,21). The van der Waals surface area contributed by atoms with E-state index in [0.29, 0.717) is 0 Å². The van der Waals surface area contributed by atoms with Crippen LogP contribution >= 0.6 is 11.3 Å². The van der Waals surface area contributed by atoms with Crippen molar-refractivity contribution in [3.63, 3.8) is 0 Å². The summed E-state index contributed by atoms with van der Waals surface area (Å²) >= 11 is 1.70. The molecule has 3 rings (SSSR count). The highest BCUT2D eigenvalue weighted by Gasteiger charge is 2.25. The van der Waals surface area contributed by atoms with Crippen molar-refractivity contribution in [2.45, 2.75) is 32.4 Å². The summed E-state index contributed by atoms with van der Waals surface area (Å²) in [6.45, 7) is 5.78. The summed E-state index contributed by atoms with van der Waals surface area (Å²) in [4.78, 5) is 12.3. The van der Waals surface area contributed by atoms with Gasteiger partial charge in [0.15, 0.2) is 5.96 Å². The van der Waals surface area contributed by atoms with Gasteiger partial charge in [-0.3, -0.25) is 9.89 Å². The number of guanidine groups is 1. The fraction of sp³-hybridized carbons (Fsp3) is 0.529. The summed E-state index contributed by atoms with van der Waals surface area (Å²) in [7, 11) is 1.80. The first kappa shape index (κ1) is 17.0. The van der Waals surface area contributed by atoms with Crippen molar-refractivity contribution in [3.05, 3.63) is 40.2 Å². The maximum atomic E-state index is 5.66. The molecule has 2 N–H and O–H groups in total. The first-order valence-corrected chi connectivity index (χ1v) is 9.21. The highest BCUT2D eigenvalue weighted by atomic mass is 32.1.